The third kappa shape index (κ3) is 6.49. The number of esters is 1. The molecule has 1 N–H and O–H groups in total. The first-order chi connectivity index (χ1) is 16.0. The van der Waals surface area contributed by atoms with E-state index >= 15 is 0 Å². The number of carbonyl (C=O) groups is 2. The maximum absolute atomic E-state index is 12.9. The third-order valence-corrected chi connectivity index (χ3v) is 8.58. The van der Waals surface area contributed by atoms with Crippen molar-refractivity contribution >= 4 is 27.6 Å². The van der Waals surface area contributed by atoms with E-state index in [1.54, 1.807) is 0 Å². The van der Waals surface area contributed by atoms with Gasteiger partial charge in [0.1, 0.15) is 5.75 Å². The van der Waals surface area contributed by atoms with Gasteiger partial charge in [-0.25, -0.2) is 8.42 Å². The number of nitrogens with one attached hydrogen (secondary N) is 1. The molecule has 2 fully saturated rings. The molecule has 1 saturated carbocycles. The number of methoxy groups -OCH3 is 1. The predicted octanol–water partition coefficient (Wildman–Crippen LogP) is 3.05. The molecule has 1 saturated heterocycles. The van der Waals surface area contributed by atoms with Crippen molar-refractivity contribution in [3.63, 3.8) is 0 Å². The van der Waals surface area contributed by atoms with Gasteiger partial charge in [0.05, 0.1) is 36.8 Å². The number of hydrogen-bond acceptors (Lipinski definition) is 7. The minimum absolute atomic E-state index is 0.0709. The second kappa shape index (κ2) is 11.0. The SMILES string of the molecule is COc1cc(S(=O)(=O)N2CCOCC2)ccc1NC(=O)COC(=O)C1CCC(C(C)(C)C)CC1. The summed E-state index contributed by atoms with van der Waals surface area (Å²) < 4.78 is 42.9. The molecule has 1 aliphatic carbocycles. The number of benzene rings is 1. The van der Waals surface area contributed by atoms with Crippen molar-refractivity contribution in [2.75, 3.05) is 45.3 Å². The van der Waals surface area contributed by atoms with E-state index in [2.05, 4.69) is 26.1 Å². The summed E-state index contributed by atoms with van der Waals surface area (Å²) in [5.74, 6) is -0.247. The van der Waals surface area contributed by atoms with Crippen LogP contribution >= 0.6 is 0 Å². The summed E-state index contributed by atoms with van der Waals surface area (Å²) in [5.41, 5.74) is 0.528. The van der Waals surface area contributed by atoms with Crippen molar-refractivity contribution in [1.82, 2.24) is 4.31 Å². The molecule has 1 aromatic carbocycles. The molecule has 0 bridgehead atoms. The van der Waals surface area contributed by atoms with Crippen LogP contribution in [-0.2, 0) is 29.1 Å². The standard InChI is InChI=1S/C24H36N2O7S/c1-24(2,3)18-7-5-17(6-8-18)23(28)33-16-22(27)25-20-10-9-19(15-21(20)31-4)34(29,30)26-11-13-32-14-12-26/h9-10,15,17-18H,5-8,11-14,16H2,1-4H3,(H,25,27). The zero-order valence-corrected chi connectivity index (χ0v) is 21.3. The first-order valence-electron chi connectivity index (χ1n) is 11.7. The average molecular weight is 497 g/mol. The Labute approximate surface area is 202 Å². The topological polar surface area (TPSA) is 111 Å². The van der Waals surface area contributed by atoms with Gasteiger partial charge in [0, 0.05) is 19.2 Å². The number of rotatable bonds is 7. The van der Waals surface area contributed by atoms with Crippen LogP contribution in [0.15, 0.2) is 23.1 Å². The van der Waals surface area contributed by atoms with Gasteiger partial charge < -0.3 is 19.5 Å². The summed E-state index contributed by atoms with van der Waals surface area (Å²) in [4.78, 5) is 24.9. The number of amides is 1. The van der Waals surface area contributed by atoms with Gasteiger partial charge in [-0.05, 0) is 49.1 Å². The fourth-order valence-corrected chi connectivity index (χ4v) is 5.93. The number of morpholine rings is 1. The Morgan fingerprint density at radius 1 is 1.12 bits per heavy atom. The van der Waals surface area contributed by atoms with E-state index < -0.39 is 22.5 Å². The monoisotopic (exact) mass is 496 g/mol. The second-order valence-electron chi connectivity index (χ2n) is 9.95. The van der Waals surface area contributed by atoms with Gasteiger partial charge in [-0.1, -0.05) is 20.8 Å². The number of nitrogens with zero attached hydrogens (tertiary/aromatic N) is 1. The summed E-state index contributed by atoms with van der Waals surface area (Å²) in [6.07, 6.45) is 3.50. The number of sulfonamides is 1. The van der Waals surface area contributed by atoms with Crippen molar-refractivity contribution in [3.05, 3.63) is 18.2 Å². The van der Waals surface area contributed by atoms with Gasteiger partial charge in [0.15, 0.2) is 6.61 Å². The third-order valence-electron chi connectivity index (χ3n) is 6.69. The maximum Gasteiger partial charge on any atom is 0.309 e. The Kier molecular flexibility index (Phi) is 8.59. The Bertz CT molecular complexity index is 974. The number of hydrogen-bond donors (Lipinski definition) is 1. The van der Waals surface area contributed by atoms with Crippen LogP contribution in [-0.4, -0.2) is 64.6 Å². The lowest BCUT2D eigenvalue weighted by molar-refractivity contribution is -0.153. The Hall–Kier alpha value is -2.17. The molecule has 1 aliphatic heterocycles. The zero-order valence-electron chi connectivity index (χ0n) is 20.5. The minimum atomic E-state index is -3.70. The highest BCUT2D eigenvalue weighted by Crippen LogP contribution is 2.40. The van der Waals surface area contributed by atoms with E-state index in [1.807, 2.05) is 0 Å². The molecule has 10 heteroatoms. The van der Waals surface area contributed by atoms with Crippen molar-refractivity contribution in [2.24, 2.45) is 17.3 Å². The molecule has 0 unspecified atom stereocenters. The molecular weight excluding hydrogens is 460 g/mol. The van der Waals surface area contributed by atoms with Crippen molar-refractivity contribution in [1.29, 1.82) is 0 Å². The minimum Gasteiger partial charge on any atom is -0.495 e. The molecule has 1 aromatic rings. The molecule has 2 aliphatic rings. The van der Waals surface area contributed by atoms with E-state index in [-0.39, 0.29) is 41.0 Å². The maximum atomic E-state index is 12.9. The van der Waals surface area contributed by atoms with Crippen LogP contribution in [0.1, 0.15) is 46.5 Å². The fraction of sp³-hybridized carbons (Fsp3) is 0.667. The molecule has 190 valence electrons. The Balaban J connectivity index is 1.55. The lowest BCUT2D eigenvalue weighted by Crippen LogP contribution is -2.40. The molecule has 1 heterocycles. The van der Waals surface area contributed by atoms with Crippen molar-refractivity contribution < 1.29 is 32.2 Å². The molecule has 1 amide bonds. The predicted molar refractivity (Wildman–Crippen MR) is 127 cm³/mol. The first kappa shape index (κ1) is 26.4. The summed E-state index contributed by atoms with van der Waals surface area (Å²) >= 11 is 0. The quantitative estimate of drug-likeness (QED) is 0.578. The van der Waals surface area contributed by atoms with Crippen molar-refractivity contribution in [3.8, 4) is 5.75 Å². The molecule has 0 radical (unpaired) electrons. The molecule has 9 nitrogen and oxygen atoms in total. The summed E-state index contributed by atoms with van der Waals surface area (Å²) in [6.45, 7) is 7.52. The van der Waals surface area contributed by atoms with Gasteiger partial charge in [0.2, 0.25) is 10.0 Å². The molecule has 0 aromatic heterocycles. The fourth-order valence-electron chi connectivity index (χ4n) is 4.51. The van der Waals surface area contributed by atoms with Gasteiger partial charge in [0.25, 0.3) is 5.91 Å². The molecule has 0 atom stereocenters. The number of ether oxygens (including phenoxy) is 3. The summed E-state index contributed by atoms with van der Waals surface area (Å²) in [6, 6.07) is 4.27. The smallest absolute Gasteiger partial charge is 0.309 e. The summed E-state index contributed by atoms with van der Waals surface area (Å²) in [5, 5.41) is 2.64. The van der Waals surface area contributed by atoms with Crippen molar-refractivity contribution in [2.45, 2.75) is 51.3 Å². The van der Waals surface area contributed by atoms with Gasteiger partial charge >= 0.3 is 5.97 Å². The van der Waals surface area contributed by atoms with E-state index in [0.717, 1.165) is 25.7 Å². The van der Waals surface area contributed by atoms with Crippen LogP contribution in [0, 0.1) is 17.3 Å². The van der Waals surface area contributed by atoms with Crippen LogP contribution in [0.3, 0.4) is 0 Å². The first-order valence-corrected chi connectivity index (χ1v) is 13.2. The summed E-state index contributed by atoms with van der Waals surface area (Å²) in [7, 11) is -2.30. The Morgan fingerprint density at radius 2 is 1.76 bits per heavy atom. The van der Waals surface area contributed by atoms with Crippen LogP contribution in [0.4, 0.5) is 5.69 Å². The van der Waals surface area contributed by atoms with Crippen LogP contribution in [0.25, 0.3) is 0 Å². The van der Waals surface area contributed by atoms with E-state index in [1.165, 1.54) is 29.6 Å². The van der Waals surface area contributed by atoms with Gasteiger partial charge in [-0.2, -0.15) is 4.31 Å². The lowest BCUT2D eigenvalue weighted by atomic mass is 9.70. The zero-order chi connectivity index (χ0) is 24.9. The van der Waals surface area contributed by atoms with Gasteiger partial charge in [-0.15, -0.1) is 0 Å². The van der Waals surface area contributed by atoms with E-state index in [4.69, 9.17) is 14.2 Å². The Morgan fingerprint density at radius 3 is 2.35 bits per heavy atom. The van der Waals surface area contributed by atoms with Crippen LogP contribution in [0.2, 0.25) is 0 Å². The molecule has 34 heavy (non-hydrogen) atoms. The molecular formula is C24H36N2O7S. The normalized spacial score (nSPS) is 22.1. The lowest BCUT2D eigenvalue weighted by Gasteiger charge is -2.36. The number of carbonyl (C=O) groups excluding carboxylic acids is 2. The van der Waals surface area contributed by atoms with Crippen LogP contribution in [0.5, 0.6) is 5.75 Å². The highest BCUT2D eigenvalue weighted by atomic mass is 32.2. The average Bonchev–Trinajstić information content (AvgIpc) is 2.82. The largest absolute Gasteiger partial charge is 0.495 e. The van der Waals surface area contributed by atoms with Gasteiger partial charge in [-0.3, -0.25) is 9.59 Å². The van der Waals surface area contributed by atoms with E-state index in [0.29, 0.717) is 24.8 Å². The van der Waals surface area contributed by atoms with Crippen LogP contribution < -0.4 is 10.1 Å². The van der Waals surface area contributed by atoms with E-state index in [9.17, 15) is 18.0 Å². The highest BCUT2D eigenvalue weighted by molar-refractivity contribution is 7.89. The highest BCUT2D eigenvalue weighted by Gasteiger charge is 2.33. The molecule has 3 rings (SSSR count). The second-order valence-corrected chi connectivity index (χ2v) is 11.9. The molecule has 0 spiro atoms. The number of anilines is 1.